The number of hydrogen-bond acceptors (Lipinski definition) is 7. The van der Waals surface area contributed by atoms with Gasteiger partial charge < -0.3 is 19.9 Å². The second-order valence-electron chi connectivity index (χ2n) is 4.35. The highest BCUT2D eigenvalue weighted by Gasteiger charge is 2.19. The lowest BCUT2D eigenvalue weighted by atomic mass is 10.3. The zero-order chi connectivity index (χ0) is 13.7. The van der Waals surface area contributed by atoms with Crippen LogP contribution in [0.2, 0.25) is 0 Å². The minimum Gasteiger partial charge on any atom is -0.464 e. The van der Waals surface area contributed by atoms with Crippen molar-refractivity contribution in [3.8, 4) is 6.01 Å². The van der Waals surface area contributed by atoms with Crippen LogP contribution in [0.25, 0.3) is 0 Å². The third kappa shape index (κ3) is 3.44. The van der Waals surface area contributed by atoms with Gasteiger partial charge in [-0.25, -0.2) is 0 Å². The number of nitrogens with one attached hydrogen (secondary N) is 1. The van der Waals surface area contributed by atoms with E-state index in [9.17, 15) is 0 Å². The van der Waals surface area contributed by atoms with Crippen LogP contribution in [0.4, 0.5) is 11.9 Å². The van der Waals surface area contributed by atoms with Gasteiger partial charge in [-0.3, -0.25) is 0 Å². The van der Waals surface area contributed by atoms with Crippen LogP contribution >= 0.6 is 0 Å². The molecule has 1 aliphatic rings. The van der Waals surface area contributed by atoms with Gasteiger partial charge in [0.1, 0.15) is 0 Å². The molecule has 2 heterocycles. The number of anilines is 2. The maximum Gasteiger partial charge on any atom is 0.323 e. The summed E-state index contributed by atoms with van der Waals surface area (Å²) in [5, 5.41) is 2.95. The van der Waals surface area contributed by atoms with E-state index < -0.39 is 0 Å². The molecule has 0 aliphatic carbocycles. The number of hydrogen-bond donors (Lipinski definition) is 1. The number of aromatic nitrogens is 3. The highest BCUT2D eigenvalue weighted by molar-refractivity contribution is 5.38. The van der Waals surface area contributed by atoms with Crippen molar-refractivity contribution in [2.75, 3.05) is 56.6 Å². The average Bonchev–Trinajstić information content (AvgIpc) is 2.47. The van der Waals surface area contributed by atoms with Crippen molar-refractivity contribution < 1.29 is 4.74 Å². The van der Waals surface area contributed by atoms with Gasteiger partial charge in [0.25, 0.3) is 0 Å². The first-order valence-electron chi connectivity index (χ1n) is 6.80. The van der Waals surface area contributed by atoms with Crippen LogP contribution in [-0.4, -0.2) is 66.2 Å². The molecule has 0 radical (unpaired) electrons. The first-order valence-corrected chi connectivity index (χ1v) is 6.80. The molecule has 0 spiro atoms. The van der Waals surface area contributed by atoms with Crippen molar-refractivity contribution in [2.45, 2.75) is 13.8 Å². The van der Waals surface area contributed by atoms with Gasteiger partial charge in [0, 0.05) is 33.2 Å². The Kier molecular flexibility index (Phi) is 4.73. The summed E-state index contributed by atoms with van der Waals surface area (Å²) in [5.74, 6) is 1.24. The Labute approximate surface area is 114 Å². The van der Waals surface area contributed by atoms with Gasteiger partial charge >= 0.3 is 6.01 Å². The predicted octanol–water partition coefficient (Wildman–Crippen LogP) is 0.454. The van der Waals surface area contributed by atoms with Gasteiger partial charge in [-0.1, -0.05) is 6.92 Å². The van der Waals surface area contributed by atoms with E-state index in [0.717, 1.165) is 32.7 Å². The molecular formula is C12H22N6O. The molecule has 0 saturated carbocycles. The van der Waals surface area contributed by atoms with E-state index in [1.807, 2.05) is 6.92 Å². The summed E-state index contributed by atoms with van der Waals surface area (Å²) >= 11 is 0. The van der Waals surface area contributed by atoms with Crippen molar-refractivity contribution in [1.29, 1.82) is 0 Å². The van der Waals surface area contributed by atoms with Gasteiger partial charge in [-0.05, 0) is 13.5 Å². The summed E-state index contributed by atoms with van der Waals surface area (Å²) in [7, 11) is 1.80. The average molecular weight is 266 g/mol. The predicted molar refractivity (Wildman–Crippen MR) is 74.9 cm³/mol. The van der Waals surface area contributed by atoms with Crippen molar-refractivity contribution in [2.24, 2.45) is 0 Å². The largest absolute Gasteiger partial charge is 0.464 e. The maximum atomic E-state index is 5.38. The molecule has 1 aliphatic heterocycles. The Bertz CT molecular complexity index is 405. The smallest absolute Gasteiger partial charge is 0.323 e. The lowest BCUT2D eigenvalue weighted by Gasteiger charge is -2.34. The zero-order valence-corrected chi connectivity index (χ0v) is 11.9. The molecule has 7 heteroatoms. The Hall–Kier alpha value is -1.63. The van der Waals surface area contributed by atoms with Crippen molar-refractivity contribution >= 4 is 11.9 Å². The number of rotatable bonds is 5. The standard InChI is InChI=1S/C12H22N6O/c1-4-17-6-8-18(9-7-17)11-14-10(13-3)15-12(16-11)19-5-2/h4-9H2,1-3H3,(H,13,14,15,16). The molecule has 106 valence electrons. The normalized spacial score (nSPS) is 16.5. The molecule has 0 aromatic carbocycles. The minimum atomic E-state index is 0.384. The Balaban J connectivity index is 2.12. The molecule has 0 bridgehead atoms. The van der Waals surface area contributed by atoms with E-state index in [0.29, 0.717) is 24.5 Å². The van der Waals surface area contributed by atoms with Gasteiger partial charge in [0.15, 0.2) is 0 Å². The van der Waals surface area contributed by atoms with E-state index in [1.54, 1.807) is 7.05 Å². The van der Waals surface area contributed by atoms with Gasteiger partial charge in [-0.2, -0.15) is 15.0 Å². The van der Waals surface area contributed by atoms with E-state index >= 15 is 0 Å². The van der Waals surface area contributed by atoms with Crippen molar-refractivity contribution in [3.63, 3.8) is 0 Å². The molecule has 1 fully saturated rings. The topological polar surface area (TPSA) is 66.4 Å². The Morgan fingerprint density at radius 2 is 1.84 bits per heavy atom. The van der Waals surface area contributed by atoms with E-state index in [-0.39, 0.29) is 0 Å². The van der Waals surface area contributed by atoms with E-state index in [2.05, 4.69) is 37.0 Å². The second kappa shape index (κ2) is 6.51. The van der Waals surface area contributed by atoms with Crippen molar-refractivity contribution in [1.82, 2.24) is 19.9 Å². The summed E-state index contributed by atoms with van der Waals surface area (Å²) in [6, 6.07) is 0.384. The molecule has 1 aromatic heterocycles. The quantitative estimate of drug-likeness (QED) is 0.830. The van der Waals surface area contributed by atoms with Gasteiger partial charge in [0.2, 0.25) is 11.9 Å². The summed E-state index contributed by atoms with van der Waals surface area (Å²) in [4.78, 5) is 17.5. The number of piperazine rings is 1. The Morgan fingerprint density at radius 3 is 2.42 bits per heavy atom. The van der Waals surface area contributed by atoms with Gasteiger partial charge in [0.05, 0.1) is 6.61 Å². The van der Waals surface area contributed by atoms with Crippen LogP contribution in [0.5, 0.6) is 6.01 Å². The first kappa shape index (κ1) is 13.8. The van der Waals surface area contributed by atoms with Crippen LogP contribution in [0.3, 0.4) is 0 Å². The zero-order valence-electron chi connectivity index (χ0n) is 11.9. The maximum absolute atomic E-state index is 5.38. The highest BCUT2D eigenvalue weighted by Crippen LogP contribution is 2.16. The van der Waals surface area contributed by atoms with Crippen molar-refractivity contribution in [3.05, 3.63) is 0 Å². The molecule has 0 amide bonds. The summed E-state index contributed by atoms with van der Waals surface area (Å²) in [5.41, 5.74) is 0. The second-order valence-corrected chi connectivity index (χ2v) is 4.35. The Morgan fingerprint density at radius 1 is 1.11 bits per heavy atom. The lowest BCUT2D eigenvalue weighted by Crippen LogP contribution is -2.46. The summed E-state index contributed by atoms with van der Waals surface area (Å²) in [6.07, 6.45) is 0. The SMILES string of the molecule is CCOc1nc(NC)nc(N2CCN(CC)CC2)n1. The van der Waals surface area contributed by atoms with Crippen LogP contribution in [-0.2, 0) is 0 Å². The molecule has 2 rings (SSSR count). The fourth-order valence-corrected chi connectivity index (χ4v) is 2.06. The van der Waals surface area contributed by atoms with E-state index in [1.165, 1.54) is 0 Å². The third-order valence-corrected chi connectivity index (χ3v) is 3.20. The molecule has 0 unspecified atom stereocenters. The van der Waals surface area contributed by atoms with Crippen LogP contribution in [0.15, 0.2) is 0 Å². The number of nitrogens with zero attached hydrogens (tertiary/aromatic N) is 5. The van der Waals surface area contributed by atoms with E-state index in [4.69, 9.17) is 4.74 Å². The molecule has 0 atom stereocenters. The van der Waals surface area contributed by atoms with Gasteiger partial charge in [-0.15, -0.1) is 0 Å². The molecule has 1 aromatic rings. The number of likely N-dealkylation sites (N-methyl/N-ethyl adjacent to an activating group) is 1. The fourth-order valence-electron chi connectivity index (χ4n) is 2.06. The third-order valence-electron chi connectivity index (χ3n) is 3.20. The monoisotopic (exact) mass is 266 g/mol. The first-order chi connectivity index (χ1) is 9.26. The highest BCUT2D eigenvalue weighted by atomic mass is 16.5. The summed E-state index contributed by atoms with van der Waals surface area (Å²) < 4.78 is 5.38. The molecule has 1 N–H and O–H groups in total. The van der Waals surface area contributed by atoms with Crippen LogP contribution < -0.4 is 15.0 Å². The van der Waals surface area contributed by atoms with Crippen LogP contribution in [0.1, 0.15) is 13.8 Å². The molecule has 7 nitrogen and oxygen atoms in total. The van der Waals surface area contributed by atoms with Crippen LogP contribution in [0, 0.1) is 0 Å². The molecular weight excluding hydrogens is 244 g/mol. The molecule has 1 saturated heterocycles. The molecule has 19 heavy (non-hydrogen) atoms. The lowest BCUT2D eigenvalue weighted by molar-refractivity contribution is 0.268. The minimum absolute atomic E-state index is 0.384. The fraction of sp³-hybridized carbons (Fsp3) is 0.750. The number of ether oxygens (including phenoxy) is 1. The summed E-state index contributed by atoms with van der Waals surface area (Å²) in [6.45, 7) is 9.71.